The highest BCUT2D eigenvalue weighted by molar-refractivity contribution is 5.39. The van der Waals surface area contributed by atoms with Gasteiger partial charge in [0.1, 0.15) is 5.75 Å². The standard InChI is InChI=1S/C17H26N2O/c1-13-2-3-15(11-18)12-19(13)8-6-14-4-5-17-16(10-14)7-9-20-17/h4-5,10,13,15H,2-3,6-9,11-12,18H2,1H3. The Balaban J connectivity index is 1.58. The number of nitrogens with zero attached hydrogens (tertiary/aromatic N) is 1. The Kier molecular flexibility index (Phi) is 4.27. The van der Waals surface area contributed by atoms with Gasteiger partial charge in [0, 0.05) is 25.6 Å². The summed E-state index contributed by atoms with van der Waals surface area (Å²) in [6.45, 7) is 6.35. The summed E-state index contributed by atoms with van der Waals surface area (Å²) >= 11 is 0. The van der Waals surface area contributed by atoms with Gasteiger partial charge in [-0.2, -0.15) is 0 Å². The number of likely N-dealkylation sites (tertiary alicyclic amines) is 1. The number of ether oxygens (including phenoxy) is 1. The minimum absolute atomic E-state index is 0.694. The lowest BCUT2D eigenvalue weighted by Gasteiger charge is -2.37. The molecule has 0 amide bonds. The van der Waals surface area contributed by atoms with Crippen molar-refractivity contribution in [2.24, 2.45) is 11.7 Å². The molecule has 0 spiro atoms. The van der Waals surface area contributed by atoms with Gasteiger partial charge >= 0.3 is 0 Å². The second kappa shape index (κ2) is 6.15. The third-order valence-electron chi connectivity index (χ3n) is 4.88. The molecule has 0 aliphatic carbocycles. The topological polar surface area (TPSA) is 38.5 Å². The van der Waals surface area contributed by atoms with E-state index in [4.69, 9.17) is 10.5 Å². The highest BCUT2D eigenvalue weighted by atomic mass is 16.5. The Hall–Kier alpha value is -1.06. The number of rotatable bonds is 4. The lowest BCUT2D eigenvalue weighted by Crippen LogP contribution is -2.44. The fourth-order valence-corrected chi connectivity index (χ4v) is 3.43. The van der Waals surface area contributed by atoms with Crippen LogP contribution in [-0.4, -0.2) is 37.2 Å². The Morgan fingerprint density at radius 1 is 1.35 bits per heavy atom. The first-order chi connectivity index (χ1) is 9.76. The summed E-state index contributed by atoms with van der Waals surface area (Å²) < 4.78 is 5.57. The van der Waals surface area contributed by atoms with Crippen LogP contribution in [0.15, 0.2) is 18.2 Å². The van der Waals surface area contributed by atoms with Crippen LogP contribution in [0.4, 0.5) is 0 Å². The van der Waals surface area contributed by atoms with Crippen molar-refractivity contribution in [3.63, 3.8) is 0 Å². The van der Waals surface area contributed by atoms with Crippen molar-refractivity contribution in [3.8, 4) is 5.75 Å². The van der Waals surface area contributed by atoms with E-state index in [1.54, 1.807) is 0 Å². The van der Waals surface area contributed by atoms with Crippen LogP contribution >= 0.6 is 0 Å². The van der Waals surface area contributed by atoms with Gasteiger partial charge in [0.25, 0.3) is 0 Å². The quantitative estimate of drug-likeness (QED) is 0.915. The van der Waals surface area contributed by atoms with E-state index < -0.39 is 0 Å². The second-order valence-electron chi connectivity index (χ2n) is 6.31. The molecule has 2 aliphatic heterocycles. The summed E-state index contributed by atoms with van der Waals surface area (Å²) in [5.41, 5.74) is 8.66. The van der Waals surface area contributed by atoms with Crippen molar-refractivity contribution in [1.29, 1.82) is 0 Å². The van der Waals surface area contributed by atoms with Crippen molar-refractivity contribution >= 4 is 0 Å². The van der Waals surface area contributed by atoms with Crippen molar-refractivity contribution in [3.05, 3.63) is 29.3 Å². The van der Waals surface area contributed by atoms with E-state index in [1.807, 2.05) is 0 Å². The normalized spacial score (nSPS) is 26.3. The zero-order chi connectivity index (χ0) is 13.9. The average Bonchev–Trinajstić information content (AvgIpc) is 2.94. The molecule has 110 valence electrons. The van der Waals surface area contributed by atoms with Crippen LogP contribution in [-0.2, 0) is 12.8 Å². The van der Waals surface area contributed by atoms with E-state index in [0.717, 1.165) is 38.3 Å². The summed E-state index contributed by atoms with van der Waals surface area (Å²) in [4.78, 5) is 2.62. The maximum absolute atomic E-state index is 5.84. The number of benzene rings is 1. The fourth-order valence-electron chi connectivity index (χ4n) is 3.43. The predicted molar refractivity (Wildman–Crippen MR) is 82.2 cm³/mol. The van der Waals surface area contributed by atoms with Crippen molar-refractivity contribution in [2.45, 2.75) is 38.6 Å². The minimum atomic E-state index is 0.694. The first kappa shape index (κ1) is 13.9. The molecule has 2 atom stereocenters. The first-order valence-corrected chi connectivity index (χ1v) is 7.95. The number of fused-ring (bicyclic) bond motifs is 1. The van der Waals surface area contributed by atoms with Gasteiger partial charge in [0.15, 0.2) is 0 Å². The zero-order valence-electron chi connectivity index (χ0n) is 12.5. The van der Waals surface area contributed by atoms with Gasteiger partial charge in [-0.15, -0.1) is 0 Å². The van der Waals surface area contributed by atoms with Crippen molar-refractivity contribution < 1.29 is 4.74 Å². The van der Waals surface area contributed by atoms with Crippen LogP contribution in [0.2, 0.25) is 0 Å². The Bertz CT molecular complexity index is 460. The number of nitrogens with two attached hydrogens (primary N) is 1. The smallest absolute Gasteiger partial charge is 0.122 e. The third-order valence-corrected chi connectivity index (χ3v) is 4.88. The van der Waals surface area contributed by atoms with Crippen LogP contribution < -0.4 is 10.5 Å². The minimum Gasteiger partial charge on any atom is -0.493 e. The van der Waals surface area contributed by atoms with Crippen LogP contribution in [0.1, 0.15) is 30.9 Å². The van der Waals surface area contributed by atoms with Gasteiger partial charge in [-0.05, 0) is 55.8 Å². The van der Waals surface area contributed by atoms with Crippen LogP contribution in [0.25, 0.3) is 0 Å². The summed E-state index contributed by atoms with van der Waals surface area (Å²) in [6, 6.07) is 7.40. The van der Waals surface area contributed by atoms with Gasteiger partial charge in [0.05, 0.1) is 6.61 Å². The molecule has 20 heavy (non-hydrogen) atoms. The van der Waals surface area contributed by atoms with Crippen molar-refractivity contribution in [2.75, 3.05) is 26.2 Å². The van der Waals surface area contributed by atoms with E-state index in [1.165, 1.54) is 30.5 Å². The Morgan fingerprint density at radius 2 is 2.25 bits per heavy atom. The zero-order valence-corrected chi connectivity index (χ0v) is 12.5. The molecule has 1 fully saturated rings. The van der Waals surface area contributed by atoms with Gasteiger partial charge in [-0.1, -0.05) is 12.1 Å². The van der Waals surface area contributed by atoms with E-state index >= 15 is 0 Å². The lowest BCUT2D eigenvalue weighted by molar-refractivity contribution is 0.122. The second-order valence-corrected chi connectivity index (χ2v) is 6.31. The van der Waals surface area contributed by atoms with Gasteiger partial charge in [-0.25, -0.2) is 0 Å². The summed E-state index contributed by atoms with van der Waals surface area (Å²) in [5.74, 6) is 1.78. The number of piperidine rings is 1. The molecule has 0 aromatic heterocycles. The van der Waals surface area contributed by atoms with Crippen LogP contribution in [0, 0.1) is 5.92 Å². The maximum Gasteiger partial charge on any atom is 0.122 e. The van der Waals surface area contributed by atoms with Crippen molar-refractivity contribution in [1.82, 2.24) is 4.90 Å². The average molecular weight is 274 g/mol. The van der Waals surface area contributed by atoms with Gasteiger partial charge in [0.2, 0.25) is 0 Å². The SMILES string of the molecule is CC1CCC(CN)CN1CCc1ccc2c(c1)CCO2. The Morgan fingerprint density at radius 3 is 3.10 bits per heavy atom. The molecule has 0 radical (unpaired) electrons. The van der Waals surface area contributed by atoms with E-state index in [-0.39, 0.29) is 0 Å². The highest BCUT2D eigenvalue weighted by Gasteiger charge is 2.24. The molecule has 3 rings (SSSR count). The summed E-state index contributed by atoms with van der Waals surface area (Å²) in [7, 11) is 0. The van der Waals surface area contributed by atoms with E-state index in [0.29, 0.717) is 12.0 Å². The van der Waals surface area contributed by atoms with Gasteiger partial charge < -0.3 is 15.4 Å². The molecule has 0 saturated carbocycles. The predicted octanol–water partition coefficient (Wildman–Crippen LogP) is 2.22. The molecule has 2 unspecified atom stereocenters. The molecule has 1 saturated heterocycles. The maximum atomic E-state index is 5.84. The molecule has 3 nitrogen and oxygen atoms in total. The van der Waals surface area contributed by atoms with E-state index in [9.17, 15) is 0 Å². The van der Waals surface area contributed by atoms with Crippen LogP contribution in [0.5, 0.6) is 5.75 Å². The molecule has 1 aromatic carbocycles. The Labute approximate surface area is 122 Å². The van der Waals surface area contributed by atoms with E-state index in [2.05, 4.69) is 30.0 Å². The summed E-state index contributed by atoms with van der Waals surface area (Å²) in [5, 5.41) is 0. The molecule has 1 aromatic rings. The van der Waals surface area contributed by atoms with Crippen LogP contribution in [0.3, 0.4) is 0 Å². The molecule has 0 bridgehead atoms. The molecular weight excluding hydrogens is 248 g/mol. The fraction of sp³-hybridized carbons (Fsp3) is 0.647. The molecule has 2 aliphatic rings. The lowest BCUT2D eigenvalue weighted by atomic mass is 9.93. The molecule has 2 heterocycles. The largest absolute Gasteiger partial charge is 0.493 e. The monoisotopic (exact) mass is 274 g/mol. The highest BCUT2D eigenvalue weighted by Crippen LogP contribution is 2.26. The molecule has 3 heteroatoms. The molecule has 2 N–H and O–H groups in total. The summed E-state index contributed by atoms with van der Waals surface area (Å²) in [6.07, 6.45) is 4.79. The number of hydrogen-bond donors (Lipinski definition) is 1. The molecular formula is C17H26N2O. The first-order valence-electron chi connectivity index (χ1n) is 7.95. The third kappa shape index (κ3) is 2.99. The van der Waals surface area contributed by atoms with Gasteiger partial charge in [-0.3, -0.25) is 0 Å². The number of hydrogen-bond acceptors (Lipinski definition) is 3.